The SMILES string of the molecule is CC(=O)N(CC(=O)Nc1cc(C)ccc1C)c1ccccc1F. The van der Waals surface area contributed by atoms with Crippen molar-refractivity contribution in [2.45, 2.75) is 20.8 Å². The number of nitrogens with zero attached hydrogens (tertiary/aromatic N) is 1. The van der Waals surface area contributed by atoms with Crippen LogP contribution in [0.4, 0.5) is 15.8 Å². The molecular weight excluding hydrogens is 295 g/mol. The van der Waals surface area contributed by atoms with Gasteiger partial charge in [-0.15, -0.1) is 0 Å². The summed E-state index contributed by atoms with van der Waals surface area (Å²) in [5, 5.41) is 2.77. The average Bonchev–Trinajstić information content (AvgIpc) is 2.49. The van der Waals surface area contributed by atoms with Crippen molar-refractivity contribution < 1.29 is 14.0 Å². The molecule has 2 aromatic rings. The number of amides is 2. The summed E-state index contributed by atoms with van der Waals surface area (Å²) in [5.41, 5.74) is 2.72. The molecule has 0 fully saturated rings. The van der Waals surface area contributed by atoms with Crippen molar-refractivity contribution in [3.63, 3.8) is 0 Å². The fourth-order valence-corrected chi connectivity index (χ4v) is 2.24. The third-order valence-electron chi connectivity index (χ3n) is 3.49. The van der Waals surface area contributed by atoms with E-state index in [2.05, 4.69) is 5.32 Å². The van der Waals surface area contributed by atoms with E-state index in [1.165, 1.54) is 25.1 Å². The molecule has 0 saturated heterocycles. The fraction of sp³-hybridized carbons (Fsp3) is 0.222. The highest BCUT2D eigenvalue weighted by atomic mass is 19.1. The standard InChI is InChI=1S/C18H19FN2O2/c1-12-8-9-13(2)16(10-12)20-18(23)11-21(14(3)22)17-7-5-4-6-15(17)19/h4-10H,11H2,1-3H3,(H,20,23). The molecule has 0 radical (unpaired) electrons. The number of nitrogens with one attached hydrogen (secondary N) is 1. The van der Waals surface area contributed by atoms with Crippen LogP contribution in [0.2, 0.25) is 0 Å². The first kappa shape index (κ1) is 16.7. The van der Waals surface area contributed by atoms with Gasteiger partial charge in [-0.2, -0.15) is 0 Å². The van der Waals surface area contributed by atoms with Gasteiger partial charge in [-0.1, -0.05) is 24.3 Å². The predicted octanol–water partition coefficient (Wildman–Crippen LogP) is 3.43. The van der Waals surface area contributed by atoms with Gasteiger partial charge in [0.2, 0.25) is 11.8 Å². The molecule has 0 heterocycles. The van der Waals surface area contributed by atoms with Gasteiger partial charge in [-0.05, 0) is 43.2 Å². The lowest BCUT2D eigenvalue weighted by atomic mass is 10.1. The normalized spacial score (nSPS) is 10.3. The van der Waals surface area contributed by atoms with Gasteiger partial charge in [0.1, 0.15) is 12.4 Å². The highest BCUT2D eigenvalue weighted by Gasteiger charge is 2.19. The molecule has 0 unspecified atom stereocenters. The lowest BCUT2D eigenvalue weighted by Gasteiger charge is -2.21. The van der Waals surface area contributed by atoms with Crippen LogP contribution < -0.4 is 10.2 Å². The minimum Gasteiger partial charge on any atom is -0.324 e. The van der Waals surface area contributed by atoms with Crippen LogP contribution >= 0.6 is 0 Å². The van der Waals surface area contributed by atoms with Crippen LogP contribution in [0.25, 0.3) is 0 Å². The first-order valence-electron chi connectivity index (χ1n) is 7.28. The second-order valence-electron chi connectivity index (χ2n) is 5.42. The summed E-state index contributed by atoms with van der Waals surface area (Å²) in [6.45, 7) is 4.87. The van der Waals surface area contributed by atoms with Crippen LogP contribution in [0.15, 0.2) is 42.5 Å². The number of hydrogen-bond acceptors (Lipinski definition) is 2. The fourth-order valence-electron chi connectivity index (χ4n) is 2.24. The average molecular weight is 314 g/mol. The number of carbonyl (C=O) groups excluding carboxylic acids is 2. The zero-order valence-corrected chi connectivity index (χ0v) is 13.4. The first-order valence-corrected chi connectivity index (χ1v) is 7.28. The third kappa shape index (κ3) is 4.16. The van der Waals surface area contributed by atoms with Crippen LogP contribution in [0, 0.1) is 19.7 Å². The van der Waals surface area contributed by atoms with E-state index >= 15 is 0 Å². The molecule has 0 aliphatic rings. The summed E-state index contributed by atoms with van der Waals surface area (Å²) in [6.07, 6.45) is 0. The number of benzene rings is 2. The Balaban J connectivity index is 2.18. The smallest absolute Gasteiger partial charge is 0.244 e. The number of anilines is 2. The van der Waals surface area contributed by atoms with E-state index < -0.39 is 11.7 Å². The van der Waals surface area contributed by atoms with Crippen LogP contribution in [0.5, 0.6) is 0 Å². The van der Waals surface area contributed by atoms with Crippen LogP contribution in [-0.2, 0) is 9.59 Å². The molecule has 0 saturated carbocycles. The van der Waals surface area contributed by atoms with Crippen molar-refractivity contribution in [3.05, 3.63) is 59.4 Å². The van der Waals surface area contributed by atoms with Crippen molar-refractivity contribution in [3.8, 4) is 0 Å². The highest BCUT2D eigenvalue weighted by Crippen LogP contribution is 2.20. The second-order valence-corrected chi connectivity index (χ2v) is 5.42. The lowest BCUT2D eigenvalue weighted by Crippen LogP contribution is -2.37. The van der Waals surface area contributed by atoms with Crippen molar-refractivity contribution in [1.29, 1.82) is 0 Å². The minimum atomic E-state index is -0.540. The molecule has 4 nitrogen and oxygen atoms in total. The van der Waals surface area contributed by atoms with E-state index in [4.69, 9.17) is 0 Å². The quantitative estimate of drug-likeness (QED) is 0.940. The van der Waals surface area contributed by atoms with Gasteiger partial charge in [0.15, 0.2) is 0 Å². The number of aryl methyl sites for hydroxylation is 2. The van der Waals surface area contributed by atoms with E-state index in [-0.39, 0.29) is 18.1 Å². The number of hydrogen-bond donors (Lipinski definition) is 1. The Labute approximate surface area is 134 Å². The molecule has 0 spiro atoms. The van der Waals surface area contributed by atoms with E-state index in [1.54, 1.807) is 6.07 Å². The van der Waals surface area contributed by atoms with E-state index in [0.29, 0.717) is 5.69 Å². The molecule has 2 rings (SSSR count). The Hall–Kier alpha value is -2.69. The third-order valence-corrected chi connectivity index (χ3v) is 3.49. The van der Waals surface area contributed by atoms with Crippen molar-refractivity contribution in [1.82, 2.24) is 0 Å². The maximum absolute atomic E-state index is 13.9. The van der Waals surface area contributed by atoms with Gasteiger partial charge in [-0.3, -0.25) is 9.59 Å². The van der Waals surface area contributed by atoms with Gasteiger partial charge in [0.25, 0.3) is 0 Å². The van der Waals surface area contributed by atoms with Gasteiger partial charge in [0.05, 0.1) is 5.69 Å². The summed E-state index contributed by atoms with van der Waals surface area (Å²) in [7, 11) is 0. The Morgan fingerprint density at radius 3 is 2.48 bits per heavy atom. The molecule has 120 valence electrons. The molecule has 0 aliphatic heterocycles. The summed E-state index contributed by atoms with van der Waals surface area (Å²) in [6, 6.07) is 11.6. The van der Waals surface area contributed by atoms with E-state index in [9.17, 15) is 14.0 Å². The second kappa shape index (κ2) is 7.05. The maximum Gasteiger partial charge on any atom is 0.244 e. The van der Waals surface area contributed by atoms with Crippen LogP contribution in [0.3, 0.4) is 0 Å². The van der Waals surface area contributed by atoms with Gasteiger partial charge >= 0.3 is 0 Å². The van der Waals surface area contributed by atoms with Crippen LogP contribution in [-0.4, -0.2) is 18.4 Å². The molecule has 0 aromatic heterocycles. The maximum atomic E-state index is 13.9. The molecule has 0 atom stereocenters. The molecule has 1 N–H and O–H groups in total. The number of para-hydroxylation sites is 1. The molecule has 0 bridgehead atoms. The Bertz CT molecular complexity index is 744. The van der Waals surface area contributed by atoms with E-state index in [1.807, 2.05) is 32.0 Å². The number of halogens is 1. The van der Waals surface area contributed by atoms with Crippen LogP contribution in [0.1, 0.15) is 18.1 Å². The monoisotopic (exact) mass is 314 g/mol. The van der Waals surface area contributed by atoms with Crippen molar-refractivity contribution >= 4 is 23.2 Å². The van der Waals surface area contributed by atoms with E-state index in [0.717, 1.165) is 16.0 Å². The topological polar surface area (TPSA) is 49.4 Å². The zero-order chi connectivity index (χ0) is 17.0. The Kier molecular flexibility index (Phi) is 5.11. The highest BCUT2D eigenvalue weighted by molar-refractivity contribution is 6.02. The van der Waals surface area contributed by atoms with Crippen molar-refractivity contribution in [2.75, 3.05) is 16.8 Å². The summed E-state index contributed by atoms with van der Waals surface area (Å²) in [4.78, 5) is 25.2. The molecule has 5 heteroatoms. The molecule has 2 amide bonds. The number of carbonyl (C=O) groups is 2. The van der Waals surface area contributed by atoms with Gasteiger partial charge in [-0.25, -0.2) is 4.39 Å². The van der Waals surface area contributed by atoms with Gasteiger partial charge in [0, 0.05) is 12.6 Å². The number of rotatable bonds is 4. The predicted molar refractivity (Wildman–Crippen MR) is 89.0 cm³/mol. The molecule has 0 aliphatic carbocycles. The summed E-state index contributed by atoms with van der Waals surface area (Å²) in [5.74, 6) is -1.31. The zero-order valence-electron chi connectivity index (χ0n) is 13.4. The molecule has 2 aromatic carbocycles. The first-order chi connectivity index (χ1) is 10.9. The Morgan fingerprint density at radius 2 is 1.83 bits per heavy atom. The Morgan fingerprint density at radius 1 is 1.13 bits per heavy atom. The largest absolute Gasteiger partial charge is 0.324 e. The van der Waals surface area contributed by atoms with Gasteiger partial charge < -0.3 is 10.2 Å². The summed E-state index contributed by atoms with van der Waals surface area (Å²) < 4.78 is 13.9. The molecule has 23 heavy (non-hydrogen) atoms. The minimum absolute atomic E-state index is 0.0936. The van der Waals surface area contributed by atoms with Crippen molar-refractivity contribution in [2.24, 2.45) is 0 Å². The molecular formula is C18H19FN2O2. The lowest BCUT2D eigenvalue weighted by molar-refractivity contribution is -0.120. The summed E-state index contributed by atoms with van der Waals surface area (Å²) >= 11 is 0.